The van der Waals surface area contributed by atoms with E-state index in [1.54, 1.807) is 4.90 Å². The molecule has 18 nitrogen and oxygen atoms in total. The summed E-state index contributed by atoms with van der Waals surface area (Å²) in [6, 6.07) is 15.4. The van der Waals surface area contributed by atoms with Crippen LogP contribution in [0.3, 0.4) is 0 Å². The normalized spacial score (nSPS) is 12.8. The predicted molar refractivity (Wildman–Crippen MR) is 355 cm³/mol. The fourth-order valence-electron chi connectivity index (χ4n) is 10.4. The lowest BCUT2D eigenvalue weighted by molar-refractivity contribution is -0.161. The van der Waals surface area contributed by atoms with Gasteiger partial charge in [0.2, 0.25) is 17.7 Å². The number of hydrogen-bond acceptors (Lipinski definition) is 14. The molecule has 90 heavy (non-hydrogen) atoms. The summed E-state index contributed by atoms with van der Waals surface area (Å²) < 4.78 is 56.3. The van der Waals surface area contributed by atoms with Crippen molar-refractivity contribution in [3.8, 4) is 11.8 Å². The Balaban J connectivity index is 1.19. The van der Waals surface area contributed by atoms with Gasteiger partial charge < -0.3 is 48.8 Å². The lowest BCUT2D eigenvalue weighted by Gasteiger charge is -2.26. The number of carbonyl (C=O) groups is 5. The van der Waals surface area contributed by atoms with Crippen LogP contribution in [0.25, 0.3) is 0 Å². The van der Waals surface area contributed by atoms with Gasteiger partial charge in [0.15, 0.2) is 6.10 Å². The van der Waals surface area contributed by atoms with Crippen LogP contribution in [0.15, 0.2) is 48.5 Å². The number of nitrogens with zero attached hydrogens (tertiary/aromatic N) is 1. The third kappa shape index (κ3) is 43.2. The Hall–Kier alpha value is -4.70. The Labute approximate surface area is 541 Å². The van der Waals surface area contributed by atoms with Gasteiger partial charge in [-0.2, -0.15) is 0 Å². The molecule has 0 spiro atoms. The second-order valence-corrected chi connectivity index (χ2v) is 25.0. The summed E-state index contributed by atoms with van der Waals surface area (Å²) in [5.41, 5.74) is 3.38. The van der Waals surface area contributed by atoms with Gasteiger partial charge in [-0.1, -0.05) is 236 Å². The maximum Gasteiger partial charge on any atom is 0.472 e. The summed E-state index contributed by atoms with van der Waals surface area (Å²) in [4.78, 5) is 76.0. The zero-order valence-corrected chi connectivity index (χ0v) is 56.3. The van der Waals surface area contributed by atoms with E-state index >= 15 is 0 Å². The molecule has 510 valence electrons. The van der Waals surface area contributed by atoms with Gasteiger partial charge in [-0.3, -0.25) is 33.0 Å². The van der Waals surface area contributed by atoms with Crippen LogP contribution in [0.5, 0.6) is 0 Å². The molecule has 19 heteroatoms. The van der Waals surface area contributed by atoms with Gasteiger partial charge in [0.1, 0.15) is 6.61 Å². The Morgan fingerprint density at radius 3 is 1.38 bits per heavy atom. The van der Waals surface area contributed by atoms with E-state index in [0.29, 0.717) is 45.8 Å². The summed E-state index contributed by atoms with van der Waals surface area (Å²) in [5.74, 6) is 4.82. The fraction of sp³-hybridized carbons (Fsp3) is 0.732. The molecule has 1 heterocycles. The Morgan fingerprint density at radius 1 is 0.467 bits per heavy atom. The molecule has 0 saturated heterocycles. The maximum atomic E-state index is 13.4. The number of rotatable bonds is 60. The second kappa shape index (κ2) is 54.8. The van der Waals surface area contributed by atoms with Crippen LogP contribution in [0.4, 0.5) is 5.69 Å². The van der Waals surface area contributed by atoms with Crippen molar-refractivity contribution in [1.82, 2.24) is 10.6 Å². The van der Waals surface area contributed by atoms with Crippen molar-refractivity contribution in [2.45, 2.75) is 251 Å². The van der Waals surface area contributed by atoms with Crippen LogP contribution in [0.2, 0.25) is 0 Å². The first-order valence-electron chi connectivity index (χ1n) is 34.8. The molecule has 3 N–H and O–H groups in total. The van der Waals surface area contributed by atoms with Crippen molar-refractivity contribution in [1.29, 1.82) is 0 Å². The highest BCUT2D eigenvalue weighted by Gasteiger charge is 2.27. The van der Waals surface area contributed by atoms with E-state index in [-0.39, 0.29) is 103 Å². The van der Waals surface area contributed by atoms with Crippen molar-refractivity contribution in [2.24, 2.45) is 0 Å². The number of fused-ring (bicyclic) bond motifs is 2. The average Bonchev–Trinajstić information content (AvgIpc) is 1.02. The molecule has 1 aliphatic rings. The third-order valence-electron chi connectivity index (χ3n) is 15.7. The van der Waals surface area contributed by atoms with Crippen molar-refractivity contribution < 1.29 is 70.9 Å². The number of unbranched alkanes of at least 4 members (excludes halogenated alkanes) is 28. The van der Waals surface area contributed by atoms with Crippen molar-refractivity contribution >= 4 is 43.2 Å². The molecule has 2 aromatic rings. The van der Waals surface area contributed by atoms with E-state index in [4.69, 9.17) is 37.5 Å². The molecule has 0 bridgehead atoms. The van der Waals surface area contributed by atoms with Gasteiger partial charge in [0.05, 0.1) is 78.3 Å². The minimum Gasteiger partial charge on any atom is -0.462 e. The molecular formula is C71H116N3O15P. The predicted octanol–water partition coefficient (Wildman–Crippen LogP) is 14.5. The number of carbonyl (C=O) groups excluding carboxylic acids is 5. The zero-order valence-electron chi connectivity index (χ0n) is 55.4. The van der Waals surface area contributed by atoms with Crippen LogP contribution in [-0.4, -0.2) is 126 Å². The Bertz CT molecular complexity index is 2310. The lowest BCUT2D eigenvalue weighted by atomic mass is 10.0. The van der Waals surface area contributed by atoms with Crippen LogP contribution in [0, 0.1) is 11.8 Å². The molecule has 1 unspecified atom stereocenters. The van der Waals surface area contributed by atoms with Gasteiger partial charge in [-0.25, -0.2) is 4.57 Å². The molecule has 0 radical (unpaired) electrons. The number of para-hydroxylation sites is 1. The van der Waals surface area contributed by atoms with Crippen LogP contribution < -0.4 is 15.5 Å². The largest absolute Gasteiger partial charge is 0.472 e. The number of hydrogen-bond donors (Lipinski definition) is 3. The number of esters is 2. The Kier molecular flexibility index (Phi) is 48.4. The van der Waals surface area contributed by atoms with Crippen molar-refractivity contribution in [2.75, 3.05) is 90.7 Å². The first-order valence-corrected chi connectivity index (χ1v) is 36.3. The molecule has 0 aromatic heterocycles. The summed E-state index contributed by atoms with van der Waals surface area (Å²) >= 11 is 0. The summed E-state index contributed by atoms with van der Waals surface area (Å²) in [6.07, 6.45) is 36.0. The summed E-state index contributed by atoms with van der Waals surface area (Å²) in [5, 5.41) is 5.42. The summed E-state index contributed by atoms with van der Waals surface area (Å²) in [6.45, 7) is 6.00. The van der Waals surface area contributed by atoms with Gasteiger partial charge in [-0.15, -0.1) is 0 Å². The van der Waals surface area contributed by atoms with E-state index in [1.807, 2.05) is 48.5 Å². The van der Waals surface area contributed by atoms with Crippen molar-refractivity contribution in [3.63, 3.8) is 0 Å². The molecule has 1 aliphatic heterocycles. The quantitative estimate of drug-likeness (QED) is 0.0242. The third-order valence-corrected chi connectivity index (χ3v) is 16.7. The number of anilines is 1. The molecule has 0 fully saturated rings. The number of ether oxygens (including phenoxy) is 6. The zero-order chi connectivity index (χ0) is 64.6. The van der Waals surface area contributed by atoms with Gasteiger partial charge in [-0.05, 0) is 36.6 Å². The molecule has 0 saturated carbocycles. The van der Waals surface area contributed by atoms with Crippen LogP contribution >= 0.6 is 7.82 Å². The minimum absolute atomic E-state index is 0.0443. The highest BCUT2D eigenvalue weighted by Crippen LogP contribution is 2.43. The molecular weight excluding hydrogens is 1170 g/mol. The molecule has 2 aromatic carbocycles. The van der Waals surface area contributed by atoms with Gasteiger partial charge >= 0.3 is 19.8 Å². The SMILES string of the molecule is CCCCCCCCCCCCCCCCCC(=O)OC[C@H](COP(=O)(O)OCCNC(=O)CCOCCOCCOCCOCCC(=O)NCCC(=O)N1Cc2ccccc2C#Cc2ccccc21)OC(=O)CCCCCCCCCCCCCCCCC. The molecule has 3 rings (SSSR count). The standard InChI is InChI=1S/C71H116N3O15P/c1-3-5-7-9-11-13-15-17-19-21-23-25-27-29-31-41-70(78)86-60-65(89-71(79)42-32-30-28-26-24-22-20-18-16-14-12-10-8-6-4-2)61-88-90(80,81)87-52-49-73-68(76)47-51-83-54-56-85-58-57-84-55-53-82-50-46-67(75)72-48-45-69(77)74-59-64-39-34-33-37-62(64)43-44-63-38-35-36-40-66(63)74/h33-40,65H,3-32,41-42,45-61H2,1-2H3,(H,72,75)(H,73,76)(H,80,81)/t65-/m1/s1. The number of benzene rings is 2. The number of phosphoric acid groups is 1. The fourth-order valence-corrected chi connectivity index (χ4v) is 11.1. The first-order chi connectivity index (χ1) is 44.0. The second-order valence-electron chi connectivity index (χ2n) is 23.6. The van der Waals surface area contributed by atoms with E-state index in [2.05, 4.69) is 36.3 Å². The molecule has 0 aliphatic carbocycles. The van der Waals surface area contributed by atoms with Gasteiger partial charge in [0, 0.05) is 56.3 Å². The number of nitrogens with one attached hydrogen (secondary N) is 2. The molecule has 3 amide bonds. The van der Waals surface area contributed by atoms with E-state index in [0.717, 1.165) is 60.9 Å². The highest BCUT2D eigenvalue weighted by atomic mass is 31.2. The number of amides is 3. The minimum atomic E-state index is -4.64. The van der Waals surface area contributed by atoms with E-state index < -0.39 is 32.5 Å². The number of phosphoric ester groups is 1. The smallest absolute Gasteiger partial charge is 0.462 e. The van der Waals surface area contributed by atoms with E-state index in [9.17, 15) is 33.4 Å². The first kappa shape index (κ1) is 79.5. The average molecular weight is 1280 g/mol. The maximum absolute atomic E-state index is 13.4. The van der Waals surface area contributed by atoms with E-state index in [1.165, 1.54) is 141 Å². The topological polar surface area (TPSA) is 224 Å². The molecule has 2 atom stereocenters. The highest BCUT2D eigenvalue weighted by molar-refractivity contribution is 7.47. The monoisotopic (exact) mass is 1280 g/mol. The van der Waals surface area contributed by atoms with Crippen LogP contribution in [0.1, 0.15) is 255 Å². The Morgan fingerprint density at radius 2 is 0.878 bits per heavy atom. The van der Waals surface area contributed by atoms with Gasteiger partial charge in [0.25, 0.3) is 0 Å². The summed E-state index contributed by atoms with van der Waals surface area (Å²) in [7, 11) is -4.64. The lowest BCUT2D eigenvalue weighted by Crippen LogP contribution is -2.35. The van der Waals surface area contributed by atoms with Crippen molar-refractivity contribution in [3.05, 3.63) is 65.2 Å². The van der Waals surface area contributed by atoms with Crippen LogP contribution in [-0.2, 0) is 72.6 Å².